The summed E-state index contributed by atoms with van der Waals surface area (Å²) in [6, 6.07) is 10.1. The molecule has 6 heteroatoms. The summed E-state index contributed by atoms with van der Waals surface area (Å²) in [5.41, 5.74) is 2.23. The van der Waals surface area contributed by atoms with E-state index in [2.05, 4.69) is 22.5 Å². The van der Waals surface area contributed by atoms with Crippen molar-refractivity contribution in [3.05, 3.63) is 53.9 Å². The number of aryl methyl sites for hydroxylation is 1. The Labute approximate surface area is 142 Å². The van der Waals surface area contributed by atoms with Gasteiger partial charge in [0, 0.05) is 38.3 Å². The van der Waals surface area contributed by atoms with Crippen LogP contribution >= 0.6 is 0 Å². The van der Waals surface area contributed by atoms with Gasteiger partial charge >= 0.3 is 6.03 Å². The summed E-state index contributed by atoms with van der Waals surface area (Å²) in [4.78, 5) is 14.4. The van der Waals surface area contributed by atoms with Crippen molar-refractivity contribution < 1.29 is 9.53 Å². The van der Waals surface area contributed by atoms with Crippen LogP contribution in [0.4, 0.5) is 4.79 Å². The second kappa shape index (κ2) is 7.49. The number of morpholine rings is 1. The number of ether oxygens (including phenoxy) is 1. The first-order valence-electron chi connectivity index (χ1n) is 8.31. The molecule has 2 amide bonds. The quantitative estimate of drug-likeness (QED) is 0.935. The van der Waals surface area contributed by atoms with Crippen molar-refractivity contribution in [2.45, 2.75) is 25.5 Å². The van der Waals surface area contributed by atoms with Crippen LogP contribution in [0.15, 0.2) is 42.7 Å². The Hall–Kier alpha value is -2.34. The summed E-state index contributed by atoms with van der Waals surface area (Å²) in [7, 11) is 1.87. The lowest BCUT2D eigenvalue weighted by Gasteiger charge is -2.33. The van der Waals surface area contributed by atoms with E-state index in [0.29, 0.717) is 19.7 Å². The number of nitrogens with zero attached hydrogens (tertiary/aromatic N) is 3. The summed E-state index contributed by atoms with van der Waals surface area (Å²) in [6.45, 7) is 3.78. The van der Waals surface area contributed by atoms with E-state index in [9.17, 15) is 4.79 Å². The molecule has 0 radical (unpaired) electrons. The SMILES string of the molecule is C[C@H](NC(=O)N1CCO[C@H](Cc2ccccc2)C1)c1cnn(C)c1. The van der Waals surface area contributed by atoms with Gasteiger partial charge in [-0.25, -0.2) is 4.79 Å². The van der Waals surface area contributed by atoms with Crippen molar-refractivity contribution in [3.63, 3.8) is 0 Å². The second-order valence-corrected chi connectivity index (χ2v) is 6.25. The highest BCUT2D eigenvalue weighted by molar-refractivity contribution is 5.74. The molecule has 0 aliphatic carbocycles. The smallest absolute Gasteiger partial charge is 0.318 e. The number of aromatic nitrogens is 2. The predicted octanol–water partition coefficient (Wildman–Crippen LogP) is 2.13. The lowest BCUT2D eigenvalue weighted by Crippen LogP contribution is -2.50. The number of benzene rings is 1. The standard InChI is InChI=1S/C18H24N4O2/c1-14(16-11-19-21(2)12-16)20-18(23)22-8-9-24-17(13-22)10-15-6-4-3-5-7-15/h3-7,11-12,14,17H,8-10,13H2,1-2H3,(H,20,23)/t14-,17+/m0/s1. The summed E-state index contributed by atoms with van der Waals surface area (Å²) < 4.78 is 7.56. The van der Waals surface area contributed by atoms with Gasteiger partial charge in [0.15, 0.2) is 0 Å². The van der Waals surface area contributed by atoms with Gasteiger partial charge in [-0.15, -0.1) is 0 Å². The van der Waals surface area contributed by atoms with Gasteiger partial charge in [-0.05, 0) is 12.5 Å². The highest BCUT2D eigenvalue weighted by Crippen LogP contribution is 2.14. The van der Waals surface area contributed by atoms with Crippen molar-refractivity contribution in [2.24, 2.45) is 7.05 Å². The molecule has 128 valence electrons. The van der Waals surface area contributed by atoms with E-state index in [1.165, 1.54) is 5.56 Å². The molecule has 6 nitrogen and oxygen atoms in total. The monoisotopic (exact) mass is 328 g/mol. The van der Waals surface area contributed by atoms with E-state index in [-0.39, 0.29) is 18.2 Å². The number of nitrogens with one attached hydrogen (secondary N) is 1. The first-order chi connectivity index (χ1) is 11.6. The Kier molecular flexibility index (Phi) is 5.15. The van der Waals surface area contributed by atoms with E-state index >= 15 is 0 Å². The average Bonchev–Trinajstić information content (AvgIpc) is 3.03. The maximum absolute atomic E-state index is 12.5. The number of hydrogen-bond acceptors (Lipinski definition) is 3. The molecular weight excluding hydrogens is 304 g/mol. The molecule has 0 unspecified atom stereocenters. The lowest BCUT2D eigenvalue weighted by atomic mass is 10.1. The number of urea groups is 1. The lowest BCUT2D eigenvalue weighted by molar-refractivity contribution is -0.0135. The fourth-order valence-electron chi connectivity index (χ4n) is 2.93. The van der Waals surface area contributed by atoms with Gasteiger partial charge in [-0.2, -0.15) is 5.10 Å². The van der Waals surface area contributed by atoms with Crippen molar-refractivity contribution >= 4 is 6.03 Å². The maximum atomic E-state index is 12.5. The summed E-state index contributed by atoms with van der Waals surface area (Å²) in [5, 5.41) is 7.19. The van der Waals surface area contributed by atoms with Gasteiger partial charge in [0.05, 0.1) is 24.9 Å². The van der Waals surface area contributed by atoms with E-state index in [0.717, 1.165) is 12.0 Å². The Morgan fingerprint density at radius 2 is 2.21 bits per heavy atom. The minimum Gasteiger partial charge on any atom is -0.374 e. The molecule has 2 heterocycles. The van der Waals surface area contributed by atoms with Crippen LogP contribution in [0.25, 0.3) is 0 Å². The van der Waals surface area contributed by atoms with Crippen molar-refractivity contribution in [1.82, 2.24) is 20.0 Å². The van der Waals surface area contributed by atoms with Crippen LogP contribution in [-0.4, -0.2) is 46.5 Å². The Bertz CT molecular complexity index is 671. The van der Waals surface area contributed by atoms with E-state index in [1.54, 1.807) is 10.9 Å². The molecule has 1 aliphatic rings. The molecule has 0 spiro atoms. The molecule has 0 saturated carbocycles. The summed E-state index contributed by atoms with van der Waals surface area (Å²) >= 11 is 0. The Morgan fingerprint density at radius 3 is 2.92 bits per heavy atom. The van der Waals surface area contributed by atoms with E-state index < -0.39 is 0 Å². The third kappa shape index (κ3) is 4.14. The molecule has 1 aromatic carbocycles. The number of carbonyl (C=O) groups excluding carboxylic acids is 1. The second-order valence-electron chi connectivity index (χ2n) is 6.25. The van der Waals surface area contributed by atoms with Gasteiger partial charge < -0.3 is 15.0 Å². The highest BCUT2D eigenvalue weighted by Gasteiger charge is 2.25. The van der Waals surface area contributed by atoms with E-state index in [4.69, 9.17) is 4.74 Å². The van der Waals surface area contributed by atoms with Gasteiger partial charge in [0.2, 0.25) is 0 Å². The first kappa shape index (κ1) is 16.5. The number of amides is 2. The number of rotatable bonds is 4. The van der Waals surface area contributed by atoms with Gasteiger partial charge in [-0.1, -0.05) is 30.3 Å². The molecule has 1 saturated heterocycles. The number of carbonyl (C=O) groups is 1. The Balaban J connectivity index is 1.55. The van der Waals surface area contributed by atoms with Crippen LogP contribution in [-0.2, 0) is 18.2 Å². The third-order valence-corrected chi connectivity index (χ3v) is 4.30. The molecule has 1 fully saturated rings. The molecule has 24 heavy (non-hydrogen) atoms. The molecule has 3 rings (SSSR count). The van der Waals surface area contributed by atoms with Crippen LogP contribution in [0.5, 0.6) is 0 Å². The highest BCUT2D eigenvalue weighted by atomic mass is 16.5. The van der Waals surface area contributed by atoms with Crippen LogP contribution in [0, 0.1) is 0 Å². The van der Waals surface area contributed by atoms with Crippen molar-refractivity contribution in [1.29, 1.82) is 0 Å². The summed E-state index contributed by atoms with van der Waals surface area (Å²) in [6.07, 6.45) is 4.56. The molecule has 0 bridgehead atoms. The van der Waals surface area contributed by atoms with Crippen molar-refractivity contribution in [2.75, 3.05) is 19.7 Å². The zero-order valence-electron chi connectivity index (χ0n) is 14.2. The summed E-state index contributed by atoms with van der Waals surface area (Å²) in [5.74, 6) is 0. The zero-order chi connectivity index (χ0) is 16.9. The van der Waals surface area contributed by atoms with Gasteiger partial charge in [-0.3, -0.25) is 4.68 Å². The molecule has 1 aromatic heterocycles. The molecule has 1 N–H and O–H groups in total. The van der Waals surface area contributed by atoms with Crippen LogP contribution in [0.1, 0.15) is 24.1 Å². The molecular formula is C18H24N4O2. The van der Waals surface area contributed by atoms with Crippen molar-refractivity contribution in [3.8, 4) is 0 Å². The Morgan fingerprint density at radius 1 is 1.42 bits per heavy atom. The topological polar surface area (TPSA) is 59.4 Å². The first-order valence-corrected chi connectivity index (χ1v) is 8.31. The molecule has 1 aliphatic heterocycles. The molecule has 2 atom stereocenters. The van der Waals surface area contributed by atoms with Crippen LogP contribution in [0.3, 0.4) is 0 Å². The predicted molar refractivity (Wildman–Crippen MR) is 91.6 cm³/mol. The average molecular weight is 328 g/mol. The third-order valence-electron chi connectivity index (χ3n) is 4.30. The van der Waals surface area contributed by atoms with Gasteiger partial charge in [0.1, 0.15) is 0 Å². The zero-order valence-corrected chi connectivity index (χ0v) is 14.2. The van der Waals surface area contributed by atoms with Crippen LogP contribution in [0.2, 0.25) is 0 Å². The normalized spacial score (nSPS) is 19.1. The minimum atomic E-state index is -0.0679. The number of hydrogen-bond donors (Lipinski definition) is 1. The fourth-order valence-corrected chi connectivity index (χ4v) is 2.93. The molecule has 2 aromatic rings. The fraction of sp³-hybridized carbons (Fsp3) is 0.444. The van der Waals surface area contributed by atoms with Crippen LogP contribution < -0.4 is 5.32 Å². The minimum absolute atomic E-state index is 0.0422. The largest absolute Gasteiger partial charge is 0.374 e. The van der Waals surface area contributed by atoms with E-state index in [1.807, 2.05) is 43.3 Å². The van der Waals surface area contributed by atoms with Gasteiger partial charge in [0.25, 0.3) is 0 Å². The maximum Gasteiger partial charge on any atom is 0.318 e.